The number of hydrogen-bond donors (Lipinski definition) is 2. The lowest BCUT2D eigenvalue weighted by atomic mass is 10.3. The second-order valence-electron chi connectivity index (χ2n) is 3.26. The average molecular weight is 223 g/mol. The normalized spacial score (nSPS) is 20.3. The summed E-state index contributed by atoms with van der Waals surface area (Å²) in [4.78, 5) is 13.6. The number of hydrogen-bond acceptors (Lipinski definition) is 4. The topological polar surface area (TPSA) is 58.4 Å². The van der Waals surface area contributed by atoms with E-state index in [2.05, 4.69) is 10.3 Å². The molecule has 3 N–H and O–H groups in total. The minimum atomic E-state index is -0.197. The van der Waals surface area contributed by atoms with Gasteiger partial charge in [-0.05, 0) is 12.1 Å². The Labute approximate surface area is 92.8 Å². The summed E-state index contributed by atoms with van der Waals surface area (Å²) < 4.78 is 0. The maximum Gasteiger partial charge on any atom is 0.267 e. The van der Waals surface area contributed by atoms with Crippen molar-refractivity contribution in [2.24, 2.45) is 5.84 Å². The number of anilines is 1. The molecule has 0 aromatic heterocycles. The lowest BCUT2D eigenvalue weighted by Gasteiger charge is -2.24. The maximum absolute atomic E-state index is 11.5. The molecule has 4 nitrogen and oxygen atoms in total. The van der Waals surface area contributed by atoms with Gasteiger partial charge in [0, 0.05) is 18.0 Å². The number of carbonyl (C=O) groups excluding carboxylic acids is 1. The van der Waals surface area contributed by atoms with Gasteiger partial charge in [-0.1, -0.05) is 18.2 Å². The fraction of sp³-hybridized carbons (Fsp3) is 0.300. The Kier molecular flexibility index (Phi) is 3.13. The number of para-hydroxylation sites is 1. The number of nitrogens with zero attached hydrogens (tertiary/aromatic N) is 1. The van der Waals surface area contributed by atoms with E-state index in [1.807, 2.05) is 30.3 Å². The summed E-state index contributed by atoms with van der Waals surface area (Å²) in [6.45, 7) is 0.882. The van der Waals surface area contributed by atoms with Crippen LogP contribution in [0.25, 0.3) is 0 Å². The largest absolute Gasteiger partial charge is 0.351 e. The van der Waals surface area contributed by atoms with Gasteiger partial charge in [-0.2, -0.15) is 0 Å². The number of nitrogens with one attached hydrogen (secondary N) is 1. The molecule has 1 atom stereocenters. The lowest BCUT2D eigenvalue weighted by molar-refractivity contribution is -0.120. The summed E-state index contributed by atoms with van der Waals surface area (Å²) in [6.07, 6.45) is 0. The van der Waals surface area contributed by atoms with Crippen LogP contribution in [-0.2, 0) is 4.79 Å². The Balaban J connectivity index is 2.18. The van der Waals surface area contributed by atoms with E-state index < -0.39 is 0 Å². The number of rotatable bonds is 2. The third-order valence-corrected chi connectivity index (χ3v) is 3.55. The second kappa shape index (κ2) is 4.55. The highest BCUT2D eigenvalue weighted by atomic mass is 32.2. The van der Waals surface area contributed by atoms with Crippen molar-refractivity contribution in [3.05, 3.63) is 30.3 Å². The van der Waals surface area contributed by atoms with Crippen molar-refractivity contribution in [2.75, 3.05) is 17.2 Å². The van der Waals surface area contributed by atoms with E-state index in [0.29, 0.717) is 0 Å². The summed E-state index contributed by atoms with van der Waals surface area (Å²) in [5.41, 5.74) is 3.27. The van der Waals surface area contributed by atoms with Crippen LogP contribution in [0.3, 0.4) is 0 Å². The molecule has 1 saturated heterocycles. The van der Waals surface area contributed by atoms with Crippen molar-refractivity contribution in [3.63, 3.8) is 0 Å². The van der Waals surface area contributed by atoms with Crippen molar-refractivity contribution in [1.82, 2.24) is 5.43 Å². The Morgan fingerprint density at radius 2 is 2.20 bits per heavy atom. The number of benzene rings is 1. The van der Waals surface area contributed by atoms with Gasteiger partial charge in [0.1, 0.15) is 0 Å². The SMILES string of the molecule is NNC(=O)C1SCCN1c1ccccc1. The molecule has 5 heteroatoms. The summed E-state index contributed by atoms with van der Waals surface area (Å²) in [7, 11) is 0. The van der Waals surface area contributed by atoms with E-state index in [0.717, 1.165) is 18.0 Å². The van der Waals surface area contributed by atoms with Gasteiger partial charge in [0.15, 0.2) is 5.37 Å². The molecule has 2 rings (SSSR count). The Bertz CT molecular complexity index is 344. The standard InChI is InChI=1S/C10H13N3OS/c11-12-9(14)10-13(6-7-15-10)8-4-2-1-3-5-8/h1-5,10H,6-7,11H2,(H,12,14). The van der Waals surface area contributed by atoms with Crippen molar-refractivity contribution in [2.45, 2.75) is 5.37 Å². The fourth-order valence-corrected chi connectivity index (χ4v) is 2.79. The van der Waals surface area contributed by atoms with Crippen molar-refractivity contribution >= 4 is 23.4 Å². The minimum absolute atomic E-state index is 0.138. The number of amides is 1. The van der Waals surface area contributed by atoms with Crippen LogP contribution in [0.15, 0.2) is 30.3 Å². The minimum Gasteiger partial charge on any atom is -0.351 e. The van der Waals surface area contributed by atoms with Gasteiger partial charge >= 0.3 is 0 Å². The molecule has 1 amide bonds. The Hall–Kier alpha value is -1.20. The molecule has 0 spiro atoms. The van der Waals surface area contributed by atoms with Crippen LogP contribution in [0.2, 0.25) is 0 Å². The van der Waals surface area contributed by atoms with E-state index in [1.54, 1.807) is 11.8 Å². The quantitative estimate of drug-likeness (QED) is 0.437. The first-order chi connectivity index (χ1) is 7.33. The molecule has 0 aliphatic carbocycles. The van der Waals surface area contributed by atoms with Gasteiger partial charge < -0.3 is 4.90 Å². The van der Waals surface area contributed by atoms with Gasteiger partial charge in [0.05, 0.1) is 0 Å². The first-order valence-corrected chi connectivity index (χ1v) is 5.81. The number of hydrazine groups is 1. The molecule has 15 heavy (non-hydrogen) atoms. The zero-order valence-electron chi connectivity index (χ0n) is 8.22. The van der Waals surface area contributed by atoms with Crippen molar-refractivity contribution in [3.8, 4) is 0 Å². The van der Waals surface area contributed by atoms with Crippen LogP contribution < -0.4 is 16.2 Å². The highest BCUT2D eigenvalue weighted by Gasteiger charge is 2.30. The molecule has 1 aromatic carbocycles. The monoisotopic (exact) mass is 223 g/mol. The predicted molar refractivity (Wildman–Crippen MR) is 62.4 cm³/mol. The van der Waals surface area contributed by atoms with Crippen LogP contribution in [0, 0.1) is 0 Å². The van der Waals surface area contributed by atoms with Crippen LogP contribution in [0.5, 0.6) is 0 Å². The van der Waals surface area contributed by atoms with Crippen molar-refractivity contribution in [1.29, 1.82) is 0 Å². The van der Waals surface area contributed by atoms with Crippen LogP contribution in [0.1, 0.15) is 0 Å². The van der Waals surface area contributed by atoms with Crippen LogP contribution in [0.4, 0.5) is 5.69 Å². The van der Waals surface area contributed by atoms with Crippen LogP contribution in [-0.4, -0.2) is 23.6 Å². The van der Waals surface area contributed by atoms with E-state index in [-0.39, 0.29) is 11.3 Å². The molecule has 1 aliphatic rings. The van der Waals surface area contributed by atoms with Crippen molar-refractivity contribution < 1.29 is 4.79 Å². The second-order valence-corrected chi connectivity index (χ2v) is 4.45. The van der Waals surface area contributed by atoms with E-state index in [4.69, 9.17) is 5.84 Å². The third kappa shape index (κ3) is 2.08. The molecule has 0 saturated carbocycles. The van der Waals surface area contributed by atoms with Gasteiger partial charge in [0.2, 0.25) is 0 Å². The first-order valence-electron chi connectivity index (χ1n) is 4.76. The summed E-state index contributed by atoms with van der Waals surface area (Å²) in [5.74, 6) is 5.97. The summed E-state index contributed by atoms with van der Waals surface area (Å²) >= 11 is 1.61. The molecule has 0 bridgehead atoms. The molecule has 80 valence electrons. The molecule has 1 heterocycles. The molecule has 1 unspecified atom stereocenters. The molecule has 1 aromatic rings. The van der Waals surface area contributed by atoms with Gasteiger partial charge in [-0.15, -0.1) is 11.8 Å². The number of nitrogens with two attached hydrogens (primary N) is 1. The van der Waals surface area contributed by atoms with Gasteiger partial charge in [-0.3, -0.25) is 10.2 Å². The molecular weight excluding hydrogens is 210 g/mol. The van der Waals surface area contributed by atoms with Gasteiger partial charge in [-0.25, -0.2) is 5.84 Å². The smallest absolute Gasteiger partial charge is 0.267 e. The van der Waals surface area contributed by atoms with E-state index in [9.17, 15) is 4.79 Å². The number of carbonyl (C=O) groups is 1. The van der Waals surface area contributed by atoms with E-state index >= 15 is 0 Å². The molecule has 1 aliphatic heterocycles. The summed E-state index contributed by atoms with van der Waals surface area (Å²) in [6, 6.07) is 9.90. The highest BCUT2D eigenvalue weighted by molar-refractivity contribution is 8.01. The molecule has 1 fully saturated rings. The molecular formula is C10H13N3OS. The Morgan fingerprint density at radius 3 is 2.87 bits per heavy atom. The highest BCUT2D eigenvalue weighted by Crippen LogP contribution is 2.29. The number of thioether (sulfide) groups is 1. The first kappa shape index (κ1) is 10.3. The fourth-order valence-electron chi connectivity index (χ4n) is 1.64. The average Bonchev–Trinajstić information content (AvgIpc) is 2.78. The predicted octanol–water partition coefficient (Wildman–Crippen LogP) is 0.556. The Morgan fingerprint density at radius 1 is 1.47 bits per heavy atom. The molecule has 0 radical (unpaired) electrons. The van der Waals surface area contributed by atoms with Crippen LogP contribution >= 0.6 is 11.8 Å². The maximum atomic E-state index is 11.5. The van der Waals surface area contributed by atoms with E-state index in [1.165, 1.54) is 0 Å². The lowest BCUT2D eigenvalue weighted by Crippen LogP contribution is -2.44. The van der Waals surface area contributed by atoms with Gasteiger partial charge in [0.25, 0.3) is 5.91 Å². The summed E-state index contributed by atoms with van der Waals surface area (Å²) in [5, 5.41) is -0.197. The zero-order chi connectivity index (χ0) is 10.7. The third-order valence-electron chi connectivity index (χ3n) is 2.35. The zero-order valence-corrected chi connectivity index (χ0v) is 9.04.